The second-order valence-corrected chi connectivity index (χ2v) is 9.08. The van der Waals surface area contributed by atoms with Gasteiger partial charge in [0.05, 0.1) is 18.2 Å². The molecule has 0 unspecified atom stereocenters. The summed E-state index contributed by atoms with van der Waals surface area (Å²) >= 11 is 6.89. The molecule has 0 spiro atoms. The van der Waals surface area contributed by atoms with Crippen molar-refractivity contribution in [1.29, 1.82) is 0 Å². The molecule has 0 amide bonds. The molecule has 0 fully saturated rings. The number of halogens is 1. The van der Waals surface area contributed by atoms with Crippen molar-refractivity contribution in [1.82, 2.24) is 14.8 Å². The largest absolute Gasteiger partial charge is 0.496 e. The van der Waals surface area contributed by atoms with Crippen LogP contribution in [0.15, 0.2) is 63.1 Å². The number of ether oxygens (including phenoxy) is 1. The number of aromatic nitrogens is 3. The van der Waals surface area contributed by atoms with Crippen LogP contribution in [-0.2, 0) is 4.79 Å². The number of nitrogens with zero attached hydrogens (tertiary/aromatic N) is 3. The Kier molecular flexibility index (Phi) is 7.18. The molecule has 2 aromatic heterocycles. The Labute approximate surface area is 215 Å². The summed E-state index contributed by atoms with van der Waals surface area (Å²) in [5.41, 5.74) is 3.49. The number of carboxylic acids is 2. The number of carboxylic acid groups (broad SMARTS) is 2. The fraction of sp³-hybridized carbons (Fsp3) is 0.120. The molecule has 0 saturated carbocycles. The van der Waals surface area contributed by atoms with Crippen LogP contribution in [0.5, 0.6) is 5.75 Å². The number of aliphatic carboxylic acids is 1. The van der Waals surface area contributed by atoms with Crippen molar-refractivity contribution in [3.8, 4) is 22.9 Å². The summed E-state index contributed by atoms with van der Waals surface area (Å²) in [6, 6.07) is 13.3. The molecule has 36 heavy (non-hydrogen) atoms. The third kappa shape index (κ3) is 5.14. The van der Waals surface area contributed by atoms with Crippen LogP contribution in [0, 0.1) is 13.8 Å². The van der Waals surface area contributed by atoms with Gasteiger partial charge in [0.15, 0.2) is 0 Å². The predicted molar refractivity (Wildman–Crippen MR) is 135 cm³/mol. The van der Waals surface area contributed by atoms with E-state index in [2.05, 4.69) is 10.2 Å². The van der Waals surface area contributed by atoms with Gasteiger partial charge in [-0.3, -0.25) is 0 Å². The van der Waals surface area contributed by atoms with E-state index in [-0.39, 0.29) is 21.6 Å². The number of benzene rings is 2. The number of methoxy groups -OCH3 is 1. The number of rotatable bonds is 8. The van der Waals surface area contributed by atoms with E-state index < -0.39 is 11.9 Å². The summed E-state index contributed by atoms with van der Waals surface area (Å²) in [6.07, 6.45) is 1.51. The Morgan fingerprint density at radius 2 is 1.89 bits per heavy atom. The number of aryl methyl sites for hydroxylation is 1. The van der Waals surface area contributed by atoms with Gasteiger partial charge in [0.2, 0.25) is 0 Å². The summed E-state index contributed by atoms with van der Waals surface area (Å²) in [5.74, 6) is -1.58. The van der Waals surface area contributed by atoms with Crippen molar-refractivity contribution in [2.75, 3.05) is 7.11 Å². The van der Waals surface area contributed by atoms with Crippen LogP contribution in [0.25, 0.3) is 23.2 Å². The van der Waals surface area contributed by atoms with Gasteiger partial charge in [0.25, 0.3) is 11.1 Å². The van der Waals surface area contributed by atoms with Gasteiger partial charge >= 0.3 is 11.9 Å². The first kappa shape index (κ1) is 25.1. The highest BCUT2D eigenvalue weighted by Gasteiger charge is 2.20. The van der Waals surface area contributed by atoms with Crippen molar-refractivity contribution >= 4 is 41.4 Å². The summed E-state index contributed by atoms with van der Waals surface area (Å²) in [6.45, 7) is 3.68. The van der Waals surface area contributed by atoms with Crippen molar-refractivity contribution in [3.05, 3.63) is 81.0 Å². The molecule has 2 aromatic carbocycles. The molecule has 4 aromatic rings. The number of carbonyl (C=O) groups is 2. The average Bonchev–Trinajstić information content (AvgIpc) is 3.42. The lowest BCUT2D eigenvalue weighted by Crippen LogP contribution is -2.03. The average molecular weight is 526 g/mol. The maximum atomic E-state index is 12.0. The highest BCUT2D eigenvalue weighted by molar-refractivity contribution is 8.03. The van der Waals surface area contributed by atoms with E-state index >= 15 is 0 Å². The Morgan fingerprint density at radius 3 is 2.58 bits per heavy atom. The third-order valence-corrected chi connectivity index (χ3v) is 6.40. The van der Waals surface area contributed by atoms with Crippen LogP contribution in [0.4, 0.5) is 0 Å². The molecule has 9 nitrogen and oxygen atoms in total. The zero-order valence-electron chi connectivity index (χ0n) is 19.4. The van der Waals surface area contributed by atoms with Crippen molar-refractivity contribution in [2.24, 2.45) is 0 Å². The molecule has 0 atom stereocenters. The van der Waals surface area contributed by atoms with Gasteiger partial charge in [0.1, 0.15) is 10.7 Å². The van der Waals surface area contributed by atoms with Crippen LogP contribution < -0.4 is 4.74 Å². The highest BCUT2D eigenvalue weighted by atomic mass is 35.5. The molecular weight excluding hydrogens is 506 g/mol. The van der Waals surface area contributed by atoms with Gasteiger partial charge in [-0.15, -0.1) is 10.2 Å². The zero-order chi connectivity index (χ0) is 26.0. The fourth-order valence-electron chi connectivity index (χ4n) is 3.69. The quantitative estimate of drug-likeness (QED) is 0.219. The van der Waals surface area contributed by atoms with E-state index in [9.17, 15) is 19.8 Å². The first-order valence-corrected chi connectivity index (χ1v) is 11.7. The monoisotopic (exact) mass is 525 g/mol. The molecule has 0 aliphatic carbocycles. The Bertz CT molecular complexity index is 1510. The molecule has 0 aliphatic heterocycles. The second-order valence-electron chi connectivity index (χ2n) is 7.65. The standard InChI is InChI=1S/C25H20ClN3O6S/c1-13-9-16(14(2)29(13)18-6-4-5-15(10-18)23(30)31)11-21(24(32)33)36-25-28-27-22(35-25)19-12-17(26)7-8-20(19)34-3/h4-12H,1-3H3,(H,30,31)(H,32,33)/b21-11-. The van der Waals surface area contributed by atoms with Crippen molar-refractivity contribution in [3.63, 3.8) is 0 Å². The van der Waals surface area contributed by atoms with E-state index in [0.717, 1.165) is 23.1 Å². The van der Waals surface area contributed by atoms with Crippen LogP contribution in [0.2, 0.25) is 5.02 Å². The molecule has 4 rings (SSSR count). The van der Waals surface area contributed by atoms with Crippen LogP contribution in [0.1, 0.15) is 27.3 Å². The lowest BCUT2D eigenvalue weighted by atomic mass is 10.2. The highest BCUT2D eigenvalue weighted by Crippen LogP contribution is 2.35. The summed E-state index contributed by atoms with van der Waals surface area (Å²) in [5, 5.41) is 27.6. The van der Waals surface area contributed by atoms with E-state index in [1.54, 1.807) is 36.4 Å². The molecule has 11 heteroatoms. The van der Waals surface area contributed by atoms with E-state index in [0.29, 0.717) is 27.6 Å². The van der Waals surface area contributed by atoms with E-state index in [4.69, 9.17) is 20.8 Å². The van der Waals surface area contributed by atoms with Gasteiger partial charge in [-0.2, -0.15) is 0 Å². The first-order chi connectivity index (χ1) is 17.2. The topological polar surface area (TPSA) is 128 Å². The van der Waals surface area contributed by atoms with Crippen molar-refractivity contribution < 1.29 is 29.0 Å². The molecule has 0 bridgehead atoms. The lowest BCUT2D eigenvalue weighted by Gasteiger charge is -2.10. The van der Waals surface area contributed by atoms with E-state index in [1.165, 1.54) is 19.3 Å². The van der Waals surface area contributed by atoms with Gasteiger partial charge in [-0.25, -0.2) is 9.59 Å². The fourth-order valence-corrected chi connectivity index (χ4v) is 4.52. The number of thioether (sulfide) groups is 1. The maximum absolute atomic E-state index is 12.0. The Balaban J connectivity index is 1.67. The van der Waals surface area contributed by atoms with Crippen molar-refractivity contribution in [2.45, 2.75) is 19.1 Å². The summed E-state index contributed by atoms with van der Waals surface area (Å²) in [4.78, 5) is 23.4. The SMILES string of the molecule is COc1ccc(Cl)cc1-c1nnc(S/C(=C\c2cc(C)n(-c3cccc(C(=O)O)c3)c2C)C(=O)O)o1. The molecular formula is C25H20ClN3O6S. The minimum Gasteiger partial charge on any atom is -0.496 e. The molecule has 2 heterocycles. The van der Waals surface area contributed by atoms with Gasteiger partial charge < -0.3 is 23.9 Å². The molecule has 0 saturated heterocycles. The number of hydrogen-bond acceptors (Lipinski definition) is 7. The maximum Gasteiger partial charge on any atom is 0.342 e. The predicted octanol–water partition coefficient (Wildman–Crippen LogP) is 5.72. The molecule has 2 N–H and O–H groups in total. The van der Waals surface area contributed by atoms with E-state index in [1.807, 2.05) is 24.5 Å². The smallest absolute Gasteiger partial charge is 0.342 e. The Morgan fingerprint density at radius 1 is 1.11 bits per heavy atom. The summed E-state index contributed by atoms with van der Waals surface area (Å²) in [7, 11) is 1.50. The molecule has 0 aliphatic rings. The molecule has 0 radical (unpaired) electrons. The van der Waals surface area contributed by atoms with Gasteiger partial charge in [0, 0.05) is 22.1 Å². The normalized spacial score (nSPS) is 11.5. The lowest BCUT2D eigenvalue weighted by molar-refractivity contribution is -0.131. The van der Waals surface area contributed by atoms with Crippen LogP contribution in [0.3, 0.4) is 0 Å². The number of aromatic carboxylic acids is 1. The van der Waals surface area contributed by atoms with Crippen LogP contribution in [-0.4, -0.2) is 44.0 Å². The van der Waals surface area contributed by atoms with Gasteiger partial charge in [-0.05, 0) is 79.7 Å². The minimum absolute atomic E-state index is 0.0312. The summed E-state index contributed by atoms with van der Waals surface area (Å²) < 4.78 is 12.9. The zero-order valence-corrected chi connectivity index (χ0v) is 20.9. The minimum atomic E-state index is -1.17. The van der Waals surface area contributed by atoms with Crippen LogP contribution >= 0.6 is 23.4 Å². The number of hydrogen-bond donors (Lipinski definition) is 2. The second kappa shape index (κ2) is 10.3. The Hall–Kier alpha value is -4.02. The van der Waals surface area contributed by atoms with Gasteiger partial charge in [-0.1, -0.05) is 17.7 Å². The first-order valence-electron chi connectivity index (χ1n) is 10.5. The molecule has 184 valence electrons. The third-order valence-electron chi connectivity index (χ3n) is 5.31.